The van der Waals surface area contributed by atoms with Crippen molar-refractivity contribution in [1.29, 1.82) is 0 Å². The SMILES string of the molecule is CC(N)CN=c1nc(NCc2c(O)cc(Cl)cc2O)c2n[nH]c(C(C)C)c2n1C(C)C. The number of anilines is 1. The first-order valence-corrected chi connectivity index (χ1v) is 10.7. The van der Waals surface area contributed by atoms with Crippen LogP contribution in [0.5, 0.6) is 11.5 Å². The number of halogens is 1. The number of nitrogens with one attached hydrogen (secondary N) is 2. The highest BCUT2D eigenvalue weighted by atomic mass is 35.5. The molecule has 9 nitrogen and oxygen atoms in total. The van der Waals surface area contributed by atoms with Gasteiger partial charge in [-0.15, -0.1) is 0 Å². The molecule has 0 aliphatic heterocycles. The van der Waals surface area contributed by atoms with Gasteiger partial charge in [-0.25, -0.2) is 4.99 Å². The highest BCUT2D eigenvalue weighted by Crippen LogP contribution is 2.32. The first-order chi connectivity index (χ1) is 14.6. The van der Waals surface area contributed by atoms with Gasteiger partial charge < -0.3 is 25.8 Å². The Hall–Kier alpha value is -2.78. The topological polar surface area (TPSA) is 137 Å². The van der Waals surface area contributed by atoms with Gasteiger partial charge in [-0.3, -0.25) is 5.10 Å². The molecule has 3 aromatic rings. The van der Waals surface area contributed by atoms with Crippen LogP contribution in [0.1, 0.15) is 57.8 Å². The average molecular weight is 448 g/mol. The van der Waals surface area contributed by atoms with E-state index >= 15 is 0 Å². The number of benzene rings is 1. The lowest BCUT2D eigenvalue weighted by Crippen LogP contribution is -2.30. The number of aromatic amines is 1. The van der Waals surface area contributed by atoms with E-state index in [1.54, 1.807) is 0 Å². The quantitative estimate of drug-likeness (QED) is 0.376. The number of phenolic OH excluding ortho intramolecular Hbond substituents is 2. The van der Waals surface area contributed by atoms with Crippen molar-refractivity contribution in [2.45, 2.75) is 59.2 Å². The molecule has 1 atom stereocenters. The maximum atomic E-state index is 10.2. The number of phenols is 2. The highest BCUT2D eigenvalue weighted by molar-refractivity contribution is 6.30. The van der Waals surface area contributed by atoms with Gasteiger partial charge >= 0.3 is 0 Å². The third-order valence-electron chi connectivity index (χ3n) is 4.87. The zero-order valence-corrected chi connectivity index (χ0v) is 19.2. The lowest BCUT2D eigenvalue weighted by molar-refractivity contribution is 0.440. The molecule has 10 heteroatoms. The van der Waals surface area contributed by atoms with E-state index in [9.17, 15) is 10.2 Å². The summed E-state index contributed by atoms with van der Waals surface area (Å²) >= 11 is 5.89. The number of H-pyrrole nitrogens is 1. The largest absolute Gasteiger partial charge is 0.507 e. The molecule has 0 radical (unpaired) electrons. The summed E-state index contributed by atoms with van der Waals surface area (Å²) in [6.45, 7) is 10.8. The summed E-state index contributed by atoms with van der Waals surface area (Å²) in [5.41, 5.74) is 9.32. The van der Waals surface area contributed by atoms with Crippen molar-refractivity contribution in [3.05, 3.63) is 34.0 Å². The van der Waals surface area contributed by atoms with Crippen molar-refractivity contribution in [3.63, 3.8) is 0 Å². The van der Waals surface area contributed by atoms with Crippen molar-refractivity contribution in [2.24, 2.45) is 10.7 Å². The summed E-state index contributed by atoms with van der Waals surface area (Å²) in [5, 5.41) is 31.5. The second kappa shape index (κ2) is 9.15. The van der Waals surface area contributed by atoms with E-state index in [4.69, 9.17) is 22.3 Å². The fraction of sp³-hybridized carbons (Fsp3) is 0.476. The fourth-order valence-electron chi connectivity index (χ4n) is 3.38. The Morgan fingerprint density at radius 2 is 1.84 bits per heavy atom. The molecular formula is C21H30ClN7O2. The van der Waals surface area contributed by atoms with E-state index in [2.05, 4.69) is 52.8 Å². The molecule has 1 unspecified atom stereocenters. The van der Waals surface area contributed by atoms with E-state index in [0.717, 1.165) is 11.2 Å². The maximum absolute atomic E-state index is 10.2. The maximum Gasteiger partial charge on any atom is 0.227 e. The van der Waals surface area contributed by atoms with Crippen molar-refractivity contribution in [2.75, 3.05) is 11.9 Å². The number of fused-ring (bicyclic) bond motifs is 1. The normalized spacial score (nSPS) is 13.5. The van der Waals surface area contributed by atoms with Gasteiger partial charge in [0.25, 0.3) is 0 Å². The second-order valence-corrected chi connectivity index (χ2v) is 8.74. The summed E-state index contributed by atoms with van der Waals surface area (Å²) in [4.78, 5) is 9.36. The summed E-state index contributed by atoms with van der Waals surface area (Å²) < 4.78 is 2.05. The number of nitrogens with two attached hydrogens (primary N) is 1. The van der Waals surface area contributed by atoms with Crippen molar-refractivity contribution >= 4 is 28.5 Å². The van der Waals surface area contributed by atoms with Gasteiger partial charge in [0.05, 0.1) is 23.3 Å². The van der Waals surface area contributed by atoms with E-state index in [1.165, 1.54) is 12.1 Å². The molecule has 0 aliphatic carbocycles. The molecule has 0 fully saturated rings. The molecule has 0 saturated carbocycles. The van der Waals surface area contributed by atoms with Crippen LogP contribution in [0.4, 0.5) is 5.82 Å². The molecule has 0 bridgehead atoms. The molecule has 0 spiro atoms. The Kier molecular flexibility index (Phi) is 6.76. The van der Waals surface area contributed by atoms with Gasteiger partial charge in [-0.05, 0) is 38.8 Å². The summed E-state index contributed by atoms with van der Waals surface area (Å²) in [5.74, 6) is 0.491. The first-order valence-electron chi connectivity index (χ1n) is 10.3. The van der Waals surface area contributed by atoms with Crippen LogP contribution in [-0.2, 0) is 6.54 Å². The van der Waals surface area contributed by atoms with Crippen LogP contribution in [0.2, 0.25) is 5.02 Å². The minimum Gasteiger partial charge on any atom is -0.507 e. The molecule has 6 N–H and O–H groups in total. The van der Waals surface area contributed by atoms with Crippen LogP contribution in [0, 0.1) is 0 Å². The van der Waals surface area contributed by atoms with Crippen LogP contribution in [-0.4, -0.2) is 42.5 Å². The van der Waals surface area contributed by atoms with Gasteiger partial charge in [-0.2, -0.15) is 10.1 Å². The van der Waals surface area contributed by atoms with E-state index in [-0.39, 0.29) is 41.1 Å². The Morgan fingerprint density at radius 1 is 1.19 bits per heavy atom. The van der Waals surface area contributed by atoms with Crippen molar-refractivity contribution in [1.82, 2.24) is 19.7 Å². The molecule has 0 amide bonds. The average Bonchev–Trinajstić information content (AvgIpc) is 3.10. The van der Waals surface area contributed by atoms with Gasteiger partial charge in [0, 0.05) is 23.7 Å². The number of nitrogens with zero attached hydrogens (tertiary/aromatic N) is 4. The third-order valence-corrected chi connectivity index (χ3v) is 5.09. The minimum absolute atomic E-state index is 0.0929. The molecule has 3 rings (SSSR count). The Labute approximate surface area is 186 Å². The molecule has 0 saturated heterocycles. The summed E-state index contributed by atoms with van der Waals surface area (Å²) in [6, 6.07) is 2.75. The van der Waals surface area contributed by atoms with Crippen molar-refractivity contribution in [3.8, 4) is 11.5 Å². The van der Waals surface area contributed by atoms with Crippen LogP contribution in [0.3, 0.4) is 0 Å². The second-order valence-electron chi connectivity index (χ2n) is 8.31. The molecule has 168 valence electrons. The van der Waals surface area contributed by atoms with E-state index in [0.29, 0.717) is 29.1 Å². The number of hydrogen-bond donors (Lipinski definition) is 5. The van der Waals surface area contributed by atoms with Gasteiger partial charge in [0.2, 0.25) is 5.62 Å². The monoisotopic (exact) mass is 447 g/mol. The van der Waals surface area contributed by atoms with E-state index < -0.39 is 0 Å². The van der Waals surface area contributed by atoms with Gasteiger partial charge in [0.1, 0.15) is 11.5 Å². The predicted molar refractivity (Wildman–Crippen MR) is 123 cm³/mol. The number of aromatic hydroxyl groups is 2. The third kappa shape index (κ3) is 4.77. The fourth-order valence-corrected chi connectivity index (χ4v) is 3.59. The number of aromatic nitrogens is 4. The van der Waals surface area contributed by atoms with Gasteiger partial charge in [0.15, 0.2) is 11.3 Å². The van der Waals surface area contributed by atoms with Crippen LogP contribution in [0.15, 0.2) is 17.1 Å². The van der Waals surface area contributed by atoms with Crippen LogP contribution in [0.25, 0.3) is 11.0 Å². The Bertz CT molecular complexity index is 1130. The Balaban J connectivity index is 2.18. The molecule has 2 heterocycles. The smallest absolute Gasteiger partial charge is 0.227 e. The molecular weight excluding hydrogens is 418 g/mol. The standard InChI is InChI=1S/C21H30ClN7O2/c1-10(2)17-19-18(28-27-17)20(24-9-14-15(30)6-13(22)7-16(14)31)26-21(25-8-12(5)23)29(19)11(3)4/h6-7,10-12,30-31H,8-9,23H2,1-5H3,(H,27,28)(H,24,25,26). The summed E-state index contributed by atoms with van der Waals surface area (Å²) in [7, 11) is 0. The van der Waals surface area contributed by atoms with Crippen LogP contribution < -0.4 is 16.7 Å². The molecule has 31 heavy (non-hydrogen) atoms. The lowest BCUT2D eigenvalue weighted by Gasteiger charge is -2.18. The van der Waals surface area contributed by atoms with Crippen LogP contribution >= 0.6 is 11.6 Å². The van der Waals surface area contributed by atoms with E-state index in [1.807, 2.05) is 6.92 Å². The lowest BCUT2D eigenvalue weighted by atomic mass is 10.1. The minimum atomic E-state index is -0.105. The summed E-state index contributed by atoms with van der Waals surface area (Å²) in [6.07, 6.45) is 0. The van der Waals surface area contributed by atoms with Gasteiger partial charge in [-0.1, -0.05) is 25.4 Å². The van der Waals surface area contributed by atoms with Crippen molar-refractivity contribution < 1.29 is 10.2 Å². The molecule has 2 aromatic heterocycles. The first kappa shape index (κ1) is 22.9. The zero-order chi connectivity index (χ0) is 22.9. The number of hydrogen-bond acceptors (Lipinski definition) is 7. The Morgan fingerprint density at radius 3 is 2.39 bits per heavy atom. The highest BCUT2D eigenvalue weighted by Gasteiger charge is 2.20. The zero-order valence-electron chi connectivity index (χ0n) is 18.4. The molecule has 1 aromatic carbocycles. The number of rotatable bonds is 7. The molecule has 0 aliphatic rings. The predicted octanol–water partition coefficient (Wildman–Crippen LogP) is 3.39.